The molecular formula is C24H28N2O5. The summed E-state index contributed by atoms with van der Waals surface area (Å²) in [5.74, 6) is -1.04. The highest BCUT2D eigenvalue weighted by Crippen LogP contribution is 2.30. The Morgan fingerprint density at radius 2 is 1.77 bits per heavy atom. The summed E-state index contributed by atoms with van der Waals surface area (Å²) in [6.07, 6.45) is 3.08. The lowest BCUT2D eigenvalue weighted by atomic mass is 9.82. The van der Waals surface area contributed by atoms with Gasteiger partial charge in [0.15, 0.2) is 0 Å². The number of methoxy groups -OCH3 is 1. The van der Waals surface area contributed by atoms with E-state index in [-0.39, 0.29) is 11.8 Å². The van der Waals surface area contributed by atoms with E-state index in [9.17, 15) is 9.59 Å². The first-order valence-corrected chi connectivity index (χ1v) is 10.3. The summed E-state index contributed by atoms with van der Waals surface area (Å²) < 4.78 is 10.8. The summed E-state index contributed by atoms with van der Waals surface area (Å²) >= 11 is 0. The van der Waals surface area contributed by atoms with Crippen LogP contribution in [-0.4, -0.2) is 36.6 Å². The molecule has 1 fully saturated rings. The maximum absolute atomic E-state index is 12.2. The lowest BCUT2D eigenvalue weighted by Crippen LogP contribution is -2.23. The lowest BCUT2D eigenvalue weighted by Gasteiger charge is -2.25. The minimum atomic E-state index is -0.708. The molecule has 0 unspecified atom stereocenters. The van der Waals surface area contributed by atoms with Crippen molar-refractivity contribution in [2.45, 2.75) is 32.3 Å². The number of ether oxygens (including phenoxy) is 2. The number of amidine groups is 1. The van der Waals surface area contributed by atoms with Crippen LogP contribution in [0.5, 0.6) is 0 Å². The van der Waals surface area contributed by atoms with Crippen LogP contribution in [0.15, 0.2) is 42.5 Å². The van der Waals surface area contributed by atoms with Crippen molar-refractivity contribution < 1.29 is 24.2 Å². The third-order valence-electron chi connectivity index (χ3n) is 5.74. The second kappa shape index (κ2) is 10.2. The van der Waals surface area contributed by atoms with Gasteiger partial charge in [-0.25, -0.2) is 4.79 Å². The van der Waals surface area contributed by atoms with E-state index < -0.39 is 11.9 Å². The monoisotopic (exact) mass is 424 g/mol. The molecule has 0 aromatic heterocycles. The molecule has 3 rings (SSSR count). The molecule has 7 nitrogen and oxygen atoms in total. The number of carboxylic acid groups (broad SMARTS) is 1. The predicted molar refractivity (Wildman–Crippen MR) is 117 cm³/mol. The highest BCUT2D eigenvalue weighted by Gasteiger charge is 2.25. The molecule has 0 amide bonds. The normalized spacial score (nSPS) is 18.4. The molecule has 0 atom stereocenters. The minimum absolute atomic E-state index is 0.0212. The molecule has 0 aliphatic heterocycles. The molecule has 0 radical (unpaired) electrons. The number of carbonyl (C=O) groups is 2. The average Bonchev–Trinajstić information content (AvgIpc) is 2.78. The van der Waals surface area contributed by atoms with Crippen molar-refractivity contribution in [2.75, 3.05) is 13.7 Å². The Morgan fingerprint density at radius 1 is 1.06 bits per heavy atom. The van der Waals surface area contributed by atoms with Gasteiger partial charge in [0, 0.05) is 12.2 Å². The molecule has 2 aromatic rings. The van der Waals surface area contributed by atoms with Gasteiger partial charge in [0.05, 0.1) is 25.2 Å². The van der Waals surface area contributed by atoms with Gasteiger partial charge in [0.1, 0.15) is 5.84 Å². The smallest absolute Gasteiger partial charge is 0.337 e. The number of hydrogen-bond donors (Lipinski definition) is 3. The van der Waals surface area contributed by atoms with Crippen molar-refractivity contribution >= 4 is 17.8 Å². The molecule has 1 saturated carbocycles. The maximum Gasteiger partial charge on any atom is 0.337 e. The average molecular weight is 424 g/mol. The summed E-state index contributed by atoms with van der Waals surface area (Å²) in [7, 11) is 1.34. The zero-order valence-electron chi connectivity index (χ0n) is 17.6. The number of hydrogen-bond acceptors (Lipinski definition) is 5. The Balaban J connectivity index is 1.72. The van der Waals surface area contributed by atoms with E-state index in [1.165, 1.54) is 7.11 Å². The Bertz CT molecular complexity index is 964. The number of nitrogens with two attached hydrogens (primary N) is 1. The number of rotatable bonds is 8. The van der Waals surface area contributed by atoms with Crippen LogP contribution in [0.1, 0.15) is 47.2 Å². The molecule has 0 saturated heterocycles. The summed E-state index contributed by atoms with van der Waals surface area (Å²) in [5.41, 5.74) is 9.13. The van der Waals surface area contributed by atoms with Gasteiger partial charge < -0.3 is 20.3 Å². The number of nitrogens with one attached hydrogen (secondary N) is 1. The van der Waals surface area contributed by atoms with E-state index in [0.717, 1.165) is 29.5 Å². The molecule has 0 spiro atoms. The molecule has 164 valence electrons. The van der Waals surface area contributed by atoms with Crippen molar-refractivity contribution in [2.24, 2.45) is 17.6 Å². The second-order valence-electron chi connectivity index (χ2n) is 7.98. The summed E-state index contributed by atoms with van der Waals surface area (Å²) in [6, 6.07) is 12.7. The quantitative estimate of drug-likeness (QED) is 0.336. The van der Waals surface area contributed by atoms with Crippen LogP contribution >= 0.6 is 0 Å². The van der Waals surface area contributed by atoms with Gasteiger partial charge in [-0.1, -0.05) is 18.2 Å². The van der Waals surface area contributed by atoms with Crippen LogP contribution in [0.2, 0.25) is 0 Å². The van der Waals surface area contributed by atoms with Crippen LogP contribution in [0.25, 0.3) is 11.1 Å². The standard InChI is InChI=1S/C24H28N2O5/c1-30-24(29)21-10-16(14-31-13-15-5-7-17(8-6-15)23(27)28)9-20(12-21)18-3-2-4-19(11-18)22(25)26/h2-4,9-12,15,17H,5-8,13-14H2,1H3,(H3,25,26)(H,27,28). The Hall–Kier alpha value is -3.19. The van der Waals surface area contributed by atoms with Gasteiger partial charge in [0.25, 0.3) is 0 Å². The van der Waals surface area contributed by atoms with Gasteiger partial charge in [-0.3, -0.25) is 10.2 Å². The first-order chi connectivity index (χ1) is 14.9. The molecule has 0 bridgehead atoms. The number of carbonyl (C=O) groups excluding carboxylic acids is 1. The number of carboxylic acids is 1. The van der Waals surface area contributed by atoms with Gasteiger partial charge in [-0.05, 0) is 72.6 Å². The lowest BCUT2D eigenvalue weighted by molar-refractivity contribution is -0.143. The van der Waals surface area contributed by atoms with Gasteiger partial charge in [0.2, 0.25) is 0 Å². The summed E-state index contributed by atoms with van der Waals surface area (Å²) in [5, 5.41) is 16.8. The fraction of sp³-hybridized carbons (Fsp3) is 0.375. The van der Waals surface area contributed by atoms with Crippen LogP contribution < -0.4 is 5.73 Å². The van der Waals surface area contributed by atoms with E-state index in [1.807, 2.05) is 24.3 Å². The SMILES string of the molecule is COC(=O)c1cc(COCC2CCC(C(=O)O)CC2)cc(-c2cccc(C(=N)N)c2)c1. The largest absolute Gasteiger partial charge is 0.481 e. The Morgan fingerprint density at radius 3 is 2.42 bits per heavy atom. The van der Waals surface area contributed by atoms with E-state index >= 15 is 0 Å². The van der Waals surface area contributed by atoms with Crippen molar-refractivity contribution in [3.05, 3.63) is 59.2 Å². The topological polar surface area (TPSA) is 123 Å². The Labute approximate surface area is 181 Å². The third-order valence-corrected chi connectivity index (χ3v) is 5.74. The van der Waals surface area contributed by atoms with Gasteiger partial charge in [-0.15, -0.1) is 0 Å². The molecule has 1 aliphatic carbocycles. The molecule has 7 heteroatoms. The van der Waals surface area contributed by atoms with Crippen LogP contribution in [0.4, 0.5) is 0 Å². The van der Waals surface area contributed by atoms with Gasteiger partial charge >= 0.3 is 11.9 Å². The second-order valence-corrected chi connectivity index (χ2v) is 7.98. The van der Waals surface area contributed by atoms with Crippen LogP contribution in [-0.2, 0) is 20.9 Å². The highest BCUT2D eigenvalue weighted by atomic mass is 16.5. The van der Waals surface area contributed by atoms with Crippen LogP contribution in [0, 0.1) is 17.2 Å². The van der Waals surface area contributed by atoms with Crippen molar-refractivity contribution in [1.82, 2.24) is 0 Å². The number of esters is 1. The third kappa shape index (κ3) is 5.92. The zero-order chi connectivity index (χ0) is 22.4. The molecule has 1 aliphatic rings. The zero-order valence-corrected chi connectivity index (χ0v) is 17.6. The van der Waals surface area contributed by atoms with Crippen molar-refractivity contribution in [3.63, 3.8) is 0 Å². The van der Waals surface area contributed by atoms with Gasteiger partial charge in [-0.2, -0.15) is 0 Å². The number of aliphatic carboxylic acids is 1. The molecule has 2 aromatic carbocycles. The van der Waals surface area contributed by atoms with E-state index in [0.29, 0.717) is 43.1 Å². The molecule has 4 N–H and O–H groups in total. The first-order valence-electron chi connectivity index (χ1n) is 10.3. The Kier molecular flexibility index (Phi) is 7.41. The molecule has 0 heterocycles. The minimum Gasteiger partial charge on any atom is -0.481 e. The van der Waals surface area contributed by atoms with E-state index in [4.69, 9.17) is 25.7 Å². The summed E-state index contributed by atoms with van der Waals surface area (Å²) in [6.45, 7) is 0.896. The molecular weight excluding hydrogens is 396 g/mol. The fourth-order valence-electron chi connectivity index (χ4n) is 3.96. The maximum atomic E-state index is 12.2. The number of benzene rings is 2. The van der Waals surface area contributed by atoms with Crippen molar-refractivity contribution in [1.29, 1.82) is 5.41 Å². The van der Waals surface area contributed by atoms with Crippen LogP contribution in [0.3, 0.4) is 0 Å². The highest BCUT2D eigenvalue weighted by molar-refractivity contribution is 5.96. The van der Waals surface area contributed by atoms with Crippen molar-refractivity contribution in [3.8, 4) is 11.1 Å². The first kappa shape index (κ1) is 22.5. The molecule has 31 heavy (non-hydrogen) atoms. The predicted octanol–water partition coefficient (Wildman–Crippen LogP) is 3.83. The van der Waals surface area contributed by atoms with E-state index in [2.05, 4.69) is 0 Å². The summed E-state index contributed by atoms with van der Waals surface area (Å²) in [4.78, 5) is 23.3. The number of nitrogen functional groups attached to an aromatic ring is 1. The fourth-order valence-corrected chi connectivity index (χ4v) is 3.96. The van der Waals surface area contributed by atoms with E-state index in [1.54, 1.807) is 18.2 Å².